The number of nitrogens with one attached hydrogen (secondary N) is 1. The molecule has 7 nitrogen and oxygen atoms in total. The van der Waals surface area contributed by atoms with Gasteiger partial charge in [-0.25, -0.2) is 4.79 Å². The van der Waals surface area contributed by atoms with Gasteiger partial charge in [0.1, 0.15) is 5.60 Å². The lowest BCUT2D eigenvalue weighted by atomic mass is 9.81. The predicted molar refractivity (Wildman–Crippen MR) is 118 cm³/mol. The van der Waals surface area contributed by atoms with Crippen molar-refractivity contribution in [2.24, 2.45) is 5.92 Å². The van der Waals surface area contributed by atoms with Crippen LogP contribution < -0.4 is 5.32 Å². The number of hydrogen-bond acceptors (Lipinski definition) is 4. The number of nitrogens with zero attached hydrogens (tertiary/aromatic N) is 2. The highest BCUT2D eigenvalue weighted by atomic mass is 16.6. The summed E-state index contributed by atoms with van der Waals surface area (Å²) in [6.45, 7) is 6.83. The number of rotatable bonds is 9. The summed E-state index contributed by atoms with van der Waals surface area (Å²) in [5.41, 5.74) is 0.603. The van der Waals surface area contributed by atoms with Gasteiger partial charge in [0.15, 0.2) is 0 Å². The van der Waals surface area contributed by atoms with Gasteiger partial charge < -0.3 is 15.0 Å². The quantitative estimate of drug-likeness (QED) is 0.611. The third-order valence-electron chi connectivity index (χ3n) is 6.45. The molecule has 0 saturated carbocycles. The first-order valence-corrected chi connectivity index (χ1v) is 11.4. The fourth-order valence-electron chi connectivity index (χ4n) is 4.62. The molecule has 0 radical (unpaired) electrons. The van der Waals surface area contributed by atoms with Gasteiger partial charge in [-0.3, -0.25) is 14.5 Å². The maximum Gasteiger partial charge on any atom is 0.410 e. The number of amides is 3. The van der Waals surface area contributed by atoms with Crippen molar-refractivity contribution in [1.82, 2.24) is 15.1 Å². The number of hydrogen-bond donors (Lipinski definition) is 1. The van der Waals surface area contributed by atoms with E-state index >= 15 is 0 Å². The maximum atomic E-state index is 12.5. The molecule has 2 fully saturated rings. The fourth-order valence-corrected chi connectivity index (χ4v) is 4.62. The minimum Gasteiger partial charge on any atom is -0.441 e. The van der Waals surface area contributed by atoms with Crippen molar-refractivity contribution in [2.45, 2.75) is 64.5 Å². The van der Waals surface area contributed by atoms with Crippen LogP contribution in [0.3, 0.4) is 0 Å². The van der Waals surface area contributed by atoms with Crippen molar-refractivity contribution in [1.29, 1.82) is 0 Å². The van der Waals surface area contributed by atoms with E-state index in [0.717, 1.165) is 50.8 Å². The van der Waals surface area contributed by atoms with Crippen molar-refractivity contribution >= 4 is 17.9 Å². The van der Waals surface area contributed by atoms with E-state index in [0.29, 0.717) is 26.1 Å². The van der Waals surface area contributed by atoms with Gasteiger partial charge in [0.2, 0.25) is 11.8 Å². The molecular formula is C24H35N3O4. The SMILES string of the molecule is CC(=O)NCCCCCC(=O)N1CCC([C@]2(C)CN(Cc3ccccc3)C(=O)O2)CC1. The summed E-state index contributed by atoms with van der Waals surface area (Å²) in [4.78, 5) is 39.6. The molecule has 2 saturated heterocycles. The second-order valence-electron chi connectivity index (χ2n) is 8.97. The Balaban J connectivity index is 1.40. The van der Waals surface area contributed by atoms with Crippen LogP contribution in [0.15, 0.2) is 30.3 Å². The number of ether oxygens (including phenoxy) is 1. The number of cyclic esters (lactones) is 1. The van der Waals surface area contributed by atoms with E-state index in [1.807, 2.05) is 42.2 Å². The zero-order chi connectivity index (χ0) is 22.3. The normalized spacial score (nSPS) is 21.8. The topological polar surface area (TPSA) is 79.0 Å². The van der Waals surface area contributed by atoms with E-state index in [4.69, 9.17) is 4.74 Å². The molecular weight excluding hydrogens is 394 g/mol. The molecule has 1 atom stereocenters. The highest BCUT2D eigenvalue weighted by Crippen LogP contribution is 2.37. The third kappa shape index (κ3) is 6.45. The van der Waals surface area contributed by atoms with Gasteiger partial charge in [0.05, 0.1) is 6.54 Å². The molecule has 3 amide bonds. The van der Waals surface area contributed by atoms with Crippen LogP contribution in [-0.2, 0) is 20.9 Å². The Kier molecular flexibility index (Phi) is 7.93. The Morgan fingerprint density at radius 1 is 1.13 bits per heavy atom. The molecule has 3 rings (SSSR count). The minimum atomic E-state index is -0.495. The third-order valence-corrected chi connectivity index (χ3v) is 6.45. The van der Waals surface area contributed by atoms with Crippen LogP contribution in [0.1, 0.15) is 57.9 Å². The lowest BCUT2D eigenvalue weighted by Crippen LogP contribution is -2.47. The standard InChI is InChI=1S/C24H35N3O4/c1-19(28)25-14-8-4-7-11-22(29)26-15-12-21(13-16-26)24(2)18-27(23(30)31-24)17-20-9-5-3-6-10-20/h3,5-6,9-10,21H,4,7-8,11-18H2,1-2H3,(H,25,28)/t24-/m0/s1. The Morgan fingerprint density at radius 2 is 1.84 bits per heavy atom. The highest BCUT2D eigenvalue weighted by Gasteiger charge is 2.47. The molecule has 31 heavy (non-hydrogen) atoms. The minimum absolute atomic E-state index is 0.0104. The Morgan fingerprint density at radius 3 is 2.52 bits per heavy atom. The van der Waals surface area contributed by atoms with E-state index in [9.17, 15) is 14.4 Å². The largest absolute Gasteiger partial charge is 0.441 e. The highest BCUT2D eigenvalue weighted by molar-refractivity contribution is 5.76. The molecule has 1 aromatic rings. The summed E-state index contributed by atoms with van der Waals surface area (Å²) in [6, 6.07) is 9.97. The number of likely N-dealkylation sites (tertiary alicyclic amines) is 1. The predicted octanol–water partition coefficient (Wildman–Crippen LogP) is 3.33. The van der Waals surface area contributed by atoms with Gasteiger partial charge in [-0.15, -0.1) is 0 Å². The second-order valence-corrected chi connectivity index (χ2v) is 8.97. The molecule has 0 unspecified atom stereocenters. The van der Waals surface area contributed by atoms with Crippen LogP contribution in [0.2, 0.25) is 0 Å². The zero-order valence-corrected chi connectivity index (χ0v) is 18.8. The van der Waals surface area contributed by atoms with Gasteiger partial charge in [0.25, 0.3) is 0 Å². The zero-order valence-electron chi connectivity index (χ0n) is 18.8. The van der Waals surface area contributed by atoms with Crippen LogP contribution >= 0.6 is 0 Å². The summed E-state index contributed by atoms with van der Waals surface area (Å²) in [5.74, 6) is 0.458. The first-order valence-electron chi connectivity index (χ1n) is 11.4. The van der Waals surface area contributed by atoms with Gasteiger partial charge in [0, 0.05) is 45.4 Å². The number of unbranched alkanes of at least 4 members (excludes halogenated alkanes) is 2. The van der Waals surface area contributed by atoms with Crippen LogP contribution in [0.25, 0.3) is 0 Å². The van der Waals surface area contributed by atoms with Crippen molar-refractivity contribution in [2.75, 3.05) is 26.2 Å². The summed E-state index contributed by atoms with van der Waals surface area (Å²) < 4.78 is 5.84. The van der Waals surface area contributed by atoms with Crippen molar-refractivity contribution in [3.05, 3.63) is 35.9 Å². The Hall–Kier alpha value is -2.57. The molecule has 2 aliphatic rings. The maximum absolute atomic E-state index is 12.5. The van der Waals surface area contributed by atoms with Crippen LogP contribution in [-0.4, -0.2) is 59.5 Å². The average molecular weight is 430 g/mol. The van der Waals surface area contributed by atoms with Gasteiger partial charge >= 0.3 is 6.09 Å². The molecule has 0 aromatic heterocycles. The van der Waals surface area contributed by atoms with Crippen LogP contribution in [0.4, 0.5) is 4.79 Å². The number of carbonyl (C=O) groups is 3. The van der Waals surface area contributed by atoms with Gasteiger partial charge in [-0.1, -0.05) is 36.8 Å². The smallest absolute Gasteiger partial charge is 0.410 e. The lowest BCUT2D eigenvalue weighted by molar-refractivity contribution is -0.134. The van der Waals surface area contributed by atoms with E-state index in [2.05, 4.69) is 5.32 Å². The molecule has 1 N–H and O–H groups in total. The number of benzene rings is 1. The molecule has 0 bridgehead atoms. The Labute approximate surface area is 185 Å². The lowest BCUT2D eigenvalue weighted by Gasteiger charge is -2.39. The molecule has 2 aliphatic heterocycles. The van der Waals surface area contributed by atoms with Crippen molar-refractivity contribution in [3.8, 4) is 0 Å². The summed E-state index contributed by atoms with van der Waals surface area (Å²) >= 11 is 0. The summed E-state index contributed by atoms with van der Waals surface area (Å²) in [5, 5.41) is 2.78. The summed E-state index contributed by atoms with van der Waals surface area (Å²) in [7, 11) is 0. The monoisotopic (exact) mass is 429 g/mol. The molecule has 0 spiro atoms. The van der Waals surface area contributed by atoms with Gasteiger partial charge in [-0.2, -0.15) is 0 Å². The van der Waals surface area contributed by atoms with E-state index in [1.165, 1.54) is 6.92 Å². The molecule has 170 valence electrons. The van der Waals surface area contributed by atoms with Crippen molar-refractivity contribution < 1.29 is 19.1 Å². The van der Waals surface area contributed by atoms with Crippen LogP contribution in [0.5, 0.6) is 0 Å². The molecule has 1 aromatic carbocycles. The second kappa shape index (κ2) is 10.6. The average Bonchev–Trinajstić information content (AvgIpc) is 3.05. The number of carbonyl (C=O) groups excluding carboxylic acids is 3. The van der Waals surface area contributed by atoms with E-state index in [1.54, 1.807) is 4.90 Å². The summed E-state index contributed by atoms with van der Waals surface area (Å²) in [6.07, 6.45) is 4.72. The Bertz CT molecular complexity index is 761. The van der Waals surface area contributed by atoms with E-state index in [-0.39, 0.29) is 23.8 Å². The molecule has 2 heterocycles. The molecule has 7 heteroatoms. The number of piperidine rings is 1. The van der Waals surface area contributed by atoms with Gasteiger partial charge in [-0.05, 0) is 38.2 Å². The first kappa shape index (κ1) is 23.1. The first-order chi connectivity index (χ1) is 14.9. The fraction of sp³-hybridized carbons (Fsp3) is 0.625. The van der Waals surface area contributed by atoms with Crippen molar-refractivity contribution in [3.63, 3.8) is 0 Å². The van der Waals surface area contributed by atoms with Crippen LogP contribution in [0, 0.1) is 5.92 Å². The van der Waals surface area contributed by atoms with E-state index < -0.39 is 5.60 Å². The molecule has 0 aliphatic carbocycles.